The zero-order chi connectivity index (χ0) is 13.1. The first-order chi connectivity index (χ1) is 8.58. The number of rotatable bonds is 4. The van der Waals surface area contributed by atoms with Crippen LogP contribution in [0.1, 0.15) is 30.6 Å². The van der Waals surface area contributed by atoms with Crippen LogP contribution < -0.4 is 0 Å². The molecule has 1 aliphatic rings. The summed E-state index contributed by atoms with van der Waals surface area (Å²) in [7, 11) is 4.16. The monoisotopic (exact) mass is 243 g/mol. The van der Waals surface area contributed by atoms with Crippen molar-refractivity contribution >= 4 is 5.57 Å². The smallest absolute Gasteiger partial charge is 0.0767 e. The van der Waals surface area contributed by atoms with Crippen molar-refractivity contribution in [2.75, 3.05) is 20.6 Å². The number of benzene rings is 1. The lowest BCUT2D eigenvalue weighted by Crippen LogP contribution is -2.13. The van der Waals surface area contributed by atoms with E-state index in [9.17, 15) is 5.11 Å². The molecule has 0 heterocycles. The van der Waals surface area contributed by atoms with Crippen LogP contribution in [0.15, 0.2) is 42.0 Å². The average molecular weight is 243 g/mol. The summed E-state index contributed by atoms with van der Waals surface area (Å²) in [5, 5.41) is 9.82. The first-order valence-electron chi connectivity index (χ1n) is 6.39. The maximum atomic E-state index is 9.82. The molecule has 0 aromatic heterocycles. The van der Waals surface area contributed by atoms with E-state index in [0.717, 1.165) is 18.5 Å². The lowest BCUT2D eigenvalue weighted by Gasteiger charge is -2.12. The topological polar surface area (TPSA) is 23.5 Å². The summed E-state index contributed by atoms with van der Waals surface area (Å²) in [5.74, 6) is 0. The lowest BCUT2D eigenvalue weighted by molar-refractivity contribution is 0.199. The van der Waals surface area contributed by atoms with Crippen LogP contribution in [0.4, 0.5) is 0 Å². The fourth-order valence-corrected chi connectivity index (χ4v) is 2.40. The fraction of sp³-hybridized carbons (Fsp3) is 0.375. The van der Waals surface area contributed by atoms with Gasteiger partial charge in [0.2, 0.25) is 0 Å². The van der Waals surface area contributed by atoms with Crippen LogP contribution in [0.2, 0.25) is 0 Å². The molecule has 2 rings (SSSR count). The molecule has 1 unspecified atom stereocenters. The first kappa shape index (κ1) is 13.1. The predicted molar refractivity (Wildman–Crippen MR) is 76.3 cm³/mol. The molecule has 18 heavy (non-hydrogen) atoms. The van der Waals surface area contributed by atoms with E-state index in [0.29, 0.717) is 0 Å². The molecule has 96 valence electrons. The molecule has 0 spiro atoms. The van der Waals surface area contributed by atoms with Gasteiger partial charge in [-0.15, -0.1) is 0 Å². The maximum Gasteiger partial charge on any atom is 0.0767 e. The Morgan fingerprint density at radius 2 is 2.00 bits per heavy atom. The molecule has 0 saturated heterocycles. The van der Waals surface area contributed by atoms with Gasteiger partial charge in [-0.05, 0) is 49.7 Å². The molecular formula is C16H21NO. The largest absolute Gasteiger partial charge is 0.389 e. The summed E-state index contributed by atoms with van der Waals surface area (Å²) >= 11 is 0. The van der Waals surface area contributed by atoms with Gasteiger partial charge in [0.25, 0.3) is 0 Å². The number of nitrogens with zero attached hydrogens (tertiary/aromatic N) is 1. The molecule has 2 heteroatoms. The van der Waals surface area contributed by atoms with Crippen LogP contribution in [-0.2, 0) is 0 Å². The van der Waals surface area contributed by atoms with Crippen LogP contribution in [-0.4, -0.2) is 30.6 Å². The minimum Gasteiger partial charge on any atom is -0.389 e. The zero-order valence-electron chi connectivity index (χ0n) is 11.4. The molecule has 1 N–H and O–H groups in total. The number of aliphatic hydroxyl groups is 1. The van der Waals surface area contributed by atoms with Crippen molar-refractivity contribution in [3.05, 3.63) is 53.1 Å². The Morgan fingerprint density at radius 3 is 2.67 bits per heavy atom. The van der Waals surface area contributed by atoms with Crippen molar-refractivity contribution in [1.82, 2.24) is 4.90 Å². The standard InChI is InChI=1S/C16H21NO/c1-12(18)15-6-4-5-7-16(15)14-9-8-13(10-14)11-17(2)3/h4-8,10,12,18H,9,11H2,1-3H3. The van der Waals surface area contributed by atoms with Gasteiger partial charge in [-0.3, -0.25) is 0 Å². The molecule has 2 nitrogen and oxygen atoms in total. The number of likely N-dealkylation sites (N-methyl/N-ethyl adjacent to an activating group) is 1. The van der Waals surface area contributed by atoms with Crippen molar-refractivity contribution < 1.29 is 5.11 Å². The van der Waals surface area contributed by atoms with E-state index < -0.39 is 6.10 Å². The minimum atomic E-state index is -0.417. The molecule has 0 bridgehead atoms. The Hall–Kier alpha value is -1.38. The highest BCUT2D eigenvalue weighted by Gasteiger charge is 2.14. The summed E-state index contributed by atoms with van der Waals surface area (Å²) in [5.41, 5.74) is 4.86. The minimum absolute atomic E-state index is 0.417. The van der Waals surface area contributed by atoms with E-state index in [2.05, 4.69) is 37.2 Å². The van der Waals surface area contributed by atoms with Gasteiger partial charge in [-0.1, -0.05) is 36.4 Å². The van der Waals surface area contributed by atoms with E-state index in [1.165, 1.54) is 16.7 Å². The van der Waals surface area contributed by atoms with Crippen molar-refractivity contribution in [3.8, 4) is 0 Å². The molecule has 1 aromatic rings. The predicted octanol–water partition coefficient (Wildman–Crippen LogP) is 3.02. The SMILES string of the molecule is CC(O)c1ccccc1C1=CC(CN(C)C)=CC1. The third kappa shape index (κ3) is 2.89. The van der Waals surface area contributed by atoms with Crippen LogP contribution in [0.5, 0.6) is 0 Å². The Kier molecular flexibility index (Phi) is 4.00. The summed E-state index contributed by atoms with van der Waals surface area (Å²) < 4.78 is 0. The lowest BCUT2D eigenvalue weighted by atomic mass is 9.96. The summed E-state index contributed by atoms with van der Waals surface area (Å²) in [4.78, 5) is 2.17. The highest BCUT2D eigenvalue weighted by atomic mass is 16.3. The normalized spacial score (nSPS) is 16.7. The summed E-state index contributed by atoms with van der Waals surface area (Å²) in [6.45, 7) is 2.79. The summed E-state index contributed by atoms with van der Waals surface area (Å²) in [6.07, 6.45) is 5.07. The van der Waals surface area contributed by atoms with E-state index in [4.69, 9.17) is 0 Å². The van der Waals surface area contributed by atoms with E-state index in [-0.39, 0.29) is 0 Å². The molecule has 1 atom stereocenters. The summed E-state index contributed by atoms with van der Waals surface area (Å²) in [6, 6.07) is 8.12. The van der Waals surface area contributed by atoms with Gasteiger partial charge in [0.1, 0.15) is 0 Å². The molecule has 0 saturated carbocycles. The molecule has 0 amide bonds. The van der Waals surface area contributed by atoms with Gasteiger partial charge in [-0.25, -0.2) is 0 Å². The third-order valence-electron chi connectivity index (χ3n) is 3.20. The molecule has 1 aromatic carbocycles. The van der Waals surface area contributed by atoms with E-state index in [1.807, 2.05) is 25.1 Å². The second-order valence-electron chi connectivity index (χ2n) is 5.15. The quantitative estimate of drug-likeness (QED) is 0.878. The molecule has 0 aliphatic heterocycles. The Balaban J connectivity index is 2.25. The van der Waals surface area contributed by atoms with Gasteiger partial charge >= 0.3 is 0 Å². The van der Waals surface area contributed by atoms with Gasteiger partial charge in [0.05, 0.1) is 6.10 Å². The van der Waals surface area contributed by atoms with Crippen LogP contribution in [0, 0.1) is 0 Å². The van der Waals surface area contributed by atoms with Crippen molar-refractivity contribution in [2.24, 2.45) is 0 Å². The Morgan fingerprint density at radius 1 is 1.28 bits per heavy atom. The van der Waals surface area contributed by atoms with Crippen LogP contribution in [0.25, 0.3) is 5.57 Å². The molecule has 1 aliphatic carbocycles. The third-order valence-corrected chi connectivity index (χ3v) is 3.20. The number of allylic oxidation sites excluding steroid dienone is 2. The average Bonchev–Trinajstić information content (AvgIpc) is 2.76. The van der Waals surface area contributed by atoms with E-state index in [1.54, 1.807) is 0 Å². The number of aliphatic hydroxyl groups excluding tert-OH is 1. The van der Waals surface area contributed by atoms with Crippen LogP contribution >= 0.6 is 0 Å². The Labute approximate surface area is 109 Å². The van der Waals surface area contributed by atoms with Gasteiger partial charge in [-0.2, -0.15) is 0 Å². The van der Waals surface area contributed by atoms with Crippen molar-refractivity contribution in [2.45, 2.75) is 19.4 Å². The second kappa shape index (κ2) is 5.51. The molecular weight excluding hydrogens is 222 g/mol. The van der Waals surface area contributed by atoms with Gasteiger partial charge in [0, 0.05) is 6.54 Å². The molecule has 0 radical (unpaired) electrons. The van der Waals surface area contributed by atoms with Crippen LogP contribution in [0.3, 0.4) is 0 Å². The molecule has 0 fully saturated rings. The van der Waals surface area contributed by atoms with Gasteiger partial charge < -0.3 is 10.0 Å². The fourth-order valence-electron chi connectivity index (χ4n) is 2.40. The maximum absolute atomic E-state index is 9.82. The Bertz CT molecular complexity index is 484. The first-order valence-corrected chi connectivity index (χ1v) is 6.39. The zero-order valence-corrected chi connectivity index (χ0v) is 11.4. The number of hydrogen-bond donors (Lipinski definition) is 1. The van der Waals surface area contributed by atoms with Crippen molar-refractivity contribution in [1.29, 1.82) is 0 Å². The van der Waals surface area contributed by atoms with Crippen molar-refractivity contribution in [3.63, 3.8) is 0 Å². The highest BCUT2D eigenvalue weighted by molar-refractivity contribution is 5.75. The van der Waals surface area contributed by atoms with E-state index >= 15 is 0 Å². The highest BCUT2D eigenvalue weighted by Crippen LogP contribution is 2.31. The second-order valence-corrected chi connectivity index (χ2v) is 5.15. The number of hydrogen-bond acceptors (Lipinski definition) is 2. The van der Waals surface area contributed by atoms with Gasteiger partial charge in [0.15, 0.2) is 0 Å².